The molecule has 1 saturated carbocycles. The number of methoxy groups -OCH3 is 1. The van der Waals surface area contributed by atoms with E-state index >= 15 is 0 Å². The second-order valence-electron chi connectivity index (χ2n) is 5.72. The molecular weight excluding hydrogens is 268 g/mol. The summed E-state index contributed by atoms with van der Waals surface area (Å²) in [5.74, 6) is 1.08. The first-order valence-corrected chi connectivity index (χ1v) is 7.40. The fraction of sp³-hybridized carbons (Fsp3) is 0.600. The van der Waals surface area contributed by atoms with Crippen LogP contribution in [0.5, 0.6) is 5.88 Å². The molecule has 0 unspecified atom stereocenters. The van der Waals surface area contributed by atoms with Crippen LogP contribution in [-0.2, 0) is 11.3 Å². The molecule has 6 nitrogen and oxygen atoms in total. The maximum Gasteiger partial charge on any atom is 0.244 e. The van der Waals surface area contributed by atoms with Gasteiger partial charge in [-0.2, -0.15) is 5.26 Å². The monoisotopic (exact) mass is 288 g/mol. The van der Waals surface area contributed by atoms with Crippen molar-refractivity contribution >= 4 is 0 Å². The number of nitrogens with two attached hydrogens (primary N) is 1. The van der Waals surface area contributed by atoms with Gasteiger partial charge in [0.15, 0.2) is 0 Å². The summed E-state index contributed by atoms with van der Waals surface area (Å²) in [7, 11) is 1.64. The SMILES string of the molecule is COCc1[nH]nc2c1[C@@H](C1CCCCC1)C(C#N)=C(N)O2. The number of aromatic nitrogens is 2. The van der Waals surface area contributed by atoms with E-state index in [0.717, 1.165) is 24.1 Å². The van der Waals surface area contributed by atoms with Crippen LogP contribution in [0.25, 0.3) is 0 Å². The van der Waals surface area contributed by atoms with Crippen molar-refractivity contribution in [1.82, 2.24) is 10.2 Å². The Morgan fingerprint density at radius 1 is 1.43 bits per heavy atom. The molecule has 0 spiro atoms. The quantitative estimate of drug-likeness (QED) is 0.889. The predicted octanol–water partition coefficient (Wildman–Crippen LogP) is 2.31. The van der Waals surface area contributed by atoms with Gasteiger partial charge in [0.2, 0.25) is 11.8 Å². The molecule has 2 aliphatic rings. The van der Waals surface area contributed by atoms with E-state index in [1.807, 2.05) is 0 Å². The maximum atomic E-state index is 9.52. The summed E-state index contributed by atoms with van der Waals surface area (Å²) in [4.78, 5) is 0. The third kappa shape index (κ3) is 2.38. The van der Waals surface area contributed by atoms with E-state index in [4.69, 9.17) is 15.2 Å². The highest BCUT2D eigenvalue weighted by atomic mass is 16.5. The van der Waals surface area contributed by atoms with E-state index in [-0.39, 0.29) is 11.8 Å². The van der Waals surface area contributed by atoms with Crippen LogP contribution < -0.4 is 10.5 Å². The van der Waals surface area contributed by atoms with E-state index in [9.17, 15) is 5.26 Å². The van der Waals surface area contributed by atoms with Crippen molar-refractivity contribution in [3.8, 4) is 11.9 Å². The van der Waals surface area contributed by atoms with Gasteiger partial charge in [-0.05, 0) is 18.8 Å². The largest absolute Gasteiger partial charge is 0.420 e. The van der Waals surface area contributed by atoms with Crippen molar-refractivity contribution in [3.63, 3.8) is 0 Å². The van der Waals surface area contributed by atoms with Crippen molar-refractivity contribution in [2.24, 2.45) is 11.7 Å². The Bertz CT molecular complexity index is 593. The minimum absolute atomic E-state index is 0.0250. The Labute approximate surface area is 123 Å². The molecule has 21 heavy (non-hydrogen) atoms. The fourth-order valence-electron chi connectivity index (χ4n) is 3.54. The normalized spacial score (nSPS) is 22.6. The number of aromatic amines is 1. The van der Waals surface area contributed by atoms with Gasteiger partial charge in [-0.15, -0.1) is 5.10 Å². The van der Waals surface area contributed by atoms with Crippen LogP contribution in [0, 0.1) is 17.2 Å². The lowest BCUT2D eigenvalue weighted by atomic mass is 9.73. The Morgan fingerprint density at radius 2 is 2.19 bits per heavy atom. The first-order valence-electron chi connectivity index (χ1n) is 7.40. The van der Waals surface area contributed by atoms with E-state index in [2.05, 4.69) is 16.3 Å². The maximum absolute atomic E-state index is 9.52. The summed E-state index contributed by atoms with van der Waals surface area (Å²) in [5, 5.41) is 16.7. The van der Waals surface area contributed by atoms with Gasteiger partial charge in [0, 0.05) is 18.6 Å². The van der Waals surface area contributed by atoms with Crippen LogP contribution in [0.4, 0.5) is 0 Å². The molecule has 1 aliphatic heterocycles. The molecule has 3 rings (SSSR count). The van der Waals surface area contributed by atoms with Gasteiger partial charge in [-0.3, -0.25) is 5.10 Å². The zero-order valence-corrected chi connectivity index (χ0v) is 12.2. The minimum Gasteiger partial charge on any atom is -0.420 e. The molecule has 1 aliphatic carbocycles. The number of nitrogens with zero attached hydrogens (tertiary/aromatic N) is 2. The molecule has 0 bridgehead atoms. The standard InChI is InChI=1S/C15H20N4O2/c1-20-8-11-13-12(9-5-3-2-4-6-9)10(7-16)14(17)21-15(13)19-18-11/h9,12H,2-6,8,17H2,1H3,(H,18,19)/t12-/m0/s1. The summed E-state index contributed by atoms with van der Waals surface area (Å²) in [6.45, 7) is 0.424. The second-order valence-corrected chi connectivity index (χ2v) is 5.72. The number of nitrogens with one attached hydrogen (secondary N) is 1. The highest BCUT2D eigenvalue weighted by Gasteiger charge is 2.39. The van der Waals surface area contributed by atoms with Gasteiger partial charge in [0.05, 0.1) is 17.9 Å². The van der Waals surface area contributed by atoms with Crippen molar-refractivity contribution in [3.05, 3.63) is 22.7 Å². The minimum atomic E-state index is -0.0250. The van der Waals surface area contributed by atoms with Crippen LogP contribution in [0.2, 0.25) is 0 Å². The van der Waals surface area contributed by atoms with Gasteiger partial charge < -0.3 is 15.2 Å². The molecule has 112 valence electrons. The molecule has 0 radical (unpaired) electrons. The van der Waals surface area contributed by atoms with Gasteiger partial charge in [0.1, 0.15) is 6.07 Å². The molecular formula is C15H20N4O2. The average Bonchev–Trinajstić information content (AvgIpc) is 2.89. The topological polar surface area (TPSA) is 97.0 Å². The molecule has 0 aromatic carbocycles. The Kier molecular flexibility index (Phi) is 3.84. The first-order chi connectivity index (χ1) is 10.3. The lowest BCUT2D eigenvalue weighted by molar-refractivity contribution is 0.179. The number of rotatable bonds is 3. The van der Waals surface area contributed by atoms with Gasteiger partial charge in [-0.25, -0.2) is 0 Å². The van der Waals surface area contributed by atoms with E-state index in [1.54, 1.807) is 7.11 Å². The van der Waals surface area contributed by atoms with E-state index in [1.165, 1.54) is 19.3 Å². The number of fused-ring (bicyclic) bond motifs is 1. The predicted molar refractivity (Wildman–Crippen MR) is 76.1 cm³/mol. The molecule has 2 heterocycles. The Hall–Kier alpha value is -2.00. The molecule has 1 atom stereocenters. The van der Waals surface area contributed by atoms with E-state index in [0.29, 0.717) is 24.0 Å². The molecule has 1 aromatic rings. The highest BCUT2D eigenvalue weighted by Crippen LogP contribution is 2.47. The summed E-state index contributed by atoms with van der Waals surface area (Å²) < 4.78 is 10.7. The van der Waals surface area contributed by atoms with Crippen molar-refractivity contribution in [2.45, 2.75) is 44.6 Å². The van der Waals surface area contributed by atoms with Crippen LogP contribution in [0.3, 0.4) is 0 Å². The van der Waals surface area contributed by atoms with Gasteiger partial charge >= 0.3 is 0 Å². The van der Waals surface area contributed by atoms with Crippen LogP contribution in [0.15, 0.2) is 11.5 Å². The van der Waals surface area contributed by atoms with Gasteiger partial charge in [0.25, 0.3) is 0 Å². The summed E-state index contributed by atoms with van der Waals surface area (Å²) in [6.07, 6.45) is 5.89. The number of ether oxygens (including phenoxy) is 2. The zero-order chi connectivity index (χ0) is 14.8. The third-order valence-electron chi connectivity index (χ3n) is 4.47. The molecule has 0 saturated heterocycles. The third-order valence-corrected chi connectivity index (χ3v) is 4.47. The summed E-state index contributed by atoms with van der Waals surface area (Å²) >= 11 is 0. The molecule has 1 fully saturated rings. The van der Waals surface area contributed by atoms with Crippen LogP contribution in [-0.4, -0.2) is 17.3 Å². The zero-order valence-electron chi connectivity index (χ0n) is 12.2. The van der Waals surface area contributed by atoms with Gasteiger partial charge in [-0.1, -0.05) is 19.3 Å². The Morgan fingerprint density at radius 3 is 2.86 bits per heavy atom. The number of allylic oxidation sites excluding steroid dienone is 1. The molecule has 6 heteroatoms. The highest BCUT2D eigenvalue weighted by molar-refractivity contribution is 5.49. The molecule has 3 N–H and O–H groups in total. The van der Waals surface area contributed by atoms with Crippen molar-refractivity contribution in [2.75, 3.05) is 7.11 Å². The smallest absolute Gasteiger partial charge is 0.244 e. The lowest BCUT2D eigenvalue weighted by Gasteiger charge is -2.32. The number of H-pyrrole nitrogens is 1. The fourth-order valence-corrected chi connectivity index (χ4v) is 3.54. The molecule has 0 amide bonds. The number of hydrogen-bond donors (Lipinski definition) is 2. The first kappa shape index (κ1) is 14.0. The average molecular weight is 288 g/mol. The number of hydrogen-bond acceptors (Lipinski definition) is 5. The van der Waals surface area contributed by atoms with Crippen LogP contribution in [0.1, 0.15) is 49.3 Å². The van der Waals surface area contributed by atoms with Crippen molar-refractivity contribution in [1.29, 1.82) is 5.26 Å². The molecule has 1 aromatic heterocycles. The van der Waals surface area contributed by atoms with Crippen LogP contribution >= 0.6 is 0 Å². The van der Waals surface area contributed by atoms with Crippen molar-refractivity contribution < 1.29 is 9.47 Å². The van der Waals surface area contributed by atoms with E-state index < -0.39 is 0 Å². The lowest BCUT2D eigenvalue weighted by Crippen LogP contribution is -2.26. The summed E-state index contributed by atoms with van der Waals surface area (Å²) in [6, 6.07) is 2.25. The summed E-state index contributed by atoms with van der Waals surface area (Å²) in [5.41, 5.74) is 8.30. The Balaban J connectivity index is 2.05. The number of nitriles is 1. The second kappa shape index (κ2) is 5.78.